The van der Waals surface area contributed by atoms with Crippen molar-refractivity contribution in [1.29, 1.82) is 5.26 Å². The third kappa shape index (κ3) is 3.52. The van der Waals surface area contributed by atoms with Gasteiger partial charge >= 0.3 is 5.97 Å². The second-order valence-corrected chi connectivity index (χ2v) is 6.42. The first-order valence-electron chi connectivity index (χ1n) is 9.05. The van der Waals surface area contributed by atoms with Crippen molar-refractivity contribution in [2.75, 3.05) is 4.90 Å². The van der Waals surface area contributed by atoms with E-state index < -0.39 is 12.0 Å². The molecule has 1 heterocycles. The number of anilines is 1. The molecule has 0 aliphatic carbocycles. The minimum atomic E-state index is -0.906. The van der Waals surface area contributed by atoms with Gasteiger partial charge in [0.1, 0.15) is 11.8 Å². The molecule has 1 amide bonds. The van der Waals surface area contributed by atoms with E-state index in [-0.39, 0.29) is 11.7 Å². The van der Waals surface area contributed by atoms with Crippen LogP contribution in [0.15, 0.2) is 91.0 Å². The van der Waals surface area contributed by atoms with Gasteiger partial charge in [0.15, 0.2) is 0 Å². The van der Waals surface area contributed by atoms with Gasteiger partial charge < -0.3 is 4.74 Å². The van der Waals surface area contributed by atoms with E-state index in [9.17, 15) is 14.9 Å². The summed E-state index contributed by atoms with van der Waals surface area (Å²) >= 11 is 0. The number of para-hydroxylation sites is 1. The molecule has 5 nitrogen and oxygen atoms in total. The van der Waals surface area contributed by atoms with E-state index in [1.807, 2.05) is 12.1 Å². The van der Waals surface area contributed by atoms with Gasteiger partial charge in [-0.15, -0.1) is 0 Å². The first-order chi connectivity index (χ1) is 14.2. The fourth-order valence-electron chi connectivity index (χ4n) is 3.22. The summed E-state index contributed by atoms with van der Waals surface area (Å²) in [5, 5.41) is 9.72. The highest BCUT2D eigenvalue weighted by Crippen LogP contribution is 2.36. The highest BCUT2D eigenvalue weighted by Gasteiger charge is 2.33. The van der Waals surface area contributed by atoms with Crippen LogP contribution < -0.4 is 4.90 Å². The molecule has 0 saturated heterocycles. The van der Waals surface area contributed by atoms with Crippen molar-refractivity contribution in [2.45, 2.75) is 6.04 Å². The minimum Gasteiger partial charge on any atom is -0.422 e. The van der Waals surface area contributed by atoms with E-state index in [4.69, 9.17) is 4.74 Å². The van der Waals surface area contributed by atoms with Crippen LogP contribution >= 0.6 is 0 Å². The molecule has 0 bridgehead atoms. The van der Waals surface area contributed by atoms with Crippen molar-refractivity contribution in [3.8, 4) is 6.07 Å². The molecule has 0 saturated carbocycles. The maximum Gasteiger partial charge on any atom is 0.343 e. The van der Waals surface area contributed by atoms with Crippen molar-refractivity contribution in [3.05, 3.63) is 108 Å². The van der Waals surface area contributed by atoms with Crippen LogP contribution in [0.25, 0.3) is 5.76 Å². The Kier molecular flexibility index (Phi) is 4.91. The zero-order valence-corrected chi connectivity index (χ0v) is 15.4. The number of hydrogen-bond acceptors (Lipinski definition) is 4. The molecule has 0 radical (unpaired) electrons. The molecule has 3 aromatic carbocycles. The molecule has 29 heavy (non-hydrogen) atoms. The number of amides is 1. The van der Waals surface area contributed by atoms with Crippen LogP contribution in [0.3, 0.4) is 0 Å². The van der Waals surface area contributed by atoms with Crippen LogP contribution in [0.2, 0.25) is 0 Å². The standard InChI is InChI=1S/C24H16N2O3/c25-16-19-15-22(29-24(28)18-11-5-2-6-12-18)20-13-7-8-14-21(20)26(19)23(27)17-9-3-1-4-10-17/h1-15,19H/t19-/m0/s1. The van der Waals surface area contributed by atoms with Gasteiger partial charge in [-0.3, -0.25) is 9.69 Å². The molecular weight excluding hydrogens is 364 g/mol. The fraction of sp³-hybridized carbons (Fsp3) is 0.0417. The Labute approximate surface area is 168 Å². The second kappa shape index (κ2) is 7.83. The smallest absolute Gasteiger partial charge is 0.343 e. The predicted molar refractivity (Wildman–Crippen MR) is 109 cm³/mol. The summed E-state index contributed by atoms with van der Waals surface area (Å²) in [6.07, 6.45) is 1.50. The molecule has 140 valence electrons. The van der Waals surface area contributed by atoms with Gasteiger partial charge in [-0.2, -0.15) is 5.26 Å². The Morgan fingerprint density at radius 1 is 0.828 bits per heavy atom. The Bertz CT molecular complexity index is 1130. The Hall–Kier alpha value is -4.17. The summed E-state index contributed by atoms with van der Waals surface area (Å²) < 4.78 is 5.60. The van der Waals surface area contributed by atoms with Crippen LogP contribution in [0, 0.1) is 11.3 Å². The summed E-state index contributed by atoms with van der Waals surface area (Å²) in [5.41, 5.74) is 1.97. The molecule has 4 rings (SSSR count). The maximum atomic E-state index is 13.1. The van der Waals surface area contributed by atoms with Gasteiger partial charge in [0.25, 0.3) is 5.91 Å². The number of fused-ring (bicyclic) bond motifs is 1. The predicted octanol–water partition coefficient (Wildman–Crippen LogP) is 4.44. The molecule has 0 unspecified atom stereocenters. The van der Waals surface area contributed by atoms with E-state index in [0.717, 1.165) is 0 Å². The van der Waals surface area contributed by atoms with Crippen molar-refractivity contribution < 1.29 is 14.3 Å². The quantitative estimate of drug-likeness (QED) is 0.630. The third-order valence-corrected chi connectivity index (χ3v) is 4.60. The minimum absolute atomic E-state index is 0.262. The summed E-state index contributed by atoms with van der Waals surface area (Å²) in [7, 11) is 0. The van der Waals surface area contributed by atoms with Gasteiger partial charge in [-0.05, 0) is 42.5 Å². The first kappa shape index (κ1) is 18.2. The Balaban J connectivity index is 1.73. The number of ether oxygens (including phenoxy) is 1. The lowest BCUT2D eigenvalue weighted by Gasteiger charge is -2.32. The lowest BCUT2D eigenvalue weighted by Crippen LogP contribution is -2.41. The largest absolute Gasteiger partial charge is 0.422 e. The number of nitriles is 1. The molecule has 1 atom stereocenters. The highest BCUT2D eigenvalue weighted by atomic mass is 16.5. The van der Waals surface area contributed by atoms with Crippen LogP contribution in [-0.4, -0.2) is 17.9 Å². The van der Waals surface area contributed by atoms with Crippen molar-refractivity contribution in [3.63, 3.8) is 0 Å². The first-order valence-corrected chi connectivity index (χ1v) is 9.05. The Morgan fingerprint density at radius 2 is 1.41 bits per heavy atom. The molecule has 0 spiro atoms. The third-order valence-electron chi connectivity index (χ3n) is 4.60. The number of carbonyl (C=O) groups excluding carboxylic acids is 2. The normalized spacial score (nSPS) is 14.9. The number of rotatable bonds is 3. The topological polar surface area (TPSA) is 70.4 Å². The van der Waals surface area contributed by atoms with Gasteiger partial charge in [0.05, 0.1) is 17.3 Å². The lowest BCUT2D eigenvalue weighted by molar-refractivity contribution is 0.0691. The molecule has 0 fully saturated rings. The van der Waals surface area contributed by atoms with Crippen molar-refractivity contribution in [2.24, 2.45) is 0 Å². The van der Waals surface area contributed by atoms with Crippen LogP contribution in [0.1, 0.15) is 26.3 Å². The average molecular weight is 380 g/mol. The second-order valence-electron chi connectivity index (χ2n) is 6.42. The number of benzene rings is 3. The van der Waals surface area contributed by atoms with E-state index in [2.05, 4.69) is 6.07 Å². The van der Waals surface area contributed by atoms with Crippen LogP contribution in [0.4, 0.5) is 5.69 Å². The molecule has 1 aliphatic heterocycles. The highest BCUT2D eigenvalue weighted by molar-refractivity contribution is 6.09. The van der Waals surface area contributed by atoms with Crippen molar-refractivity contribution in [1.82, 2.24) is 0 Å². The van der Waals surface area contributed by atoms with Crippen LogP contribution in [0.5, 0.6) is 0 Å². The summed E-state index contributed by atoms with van der Waals surface area (Å²) in [6.45, 7) is 0. The molecule has 5 heteroatoms. The van der Waals surface area contributed by atoms with Crippen LogP contribution in [-0.2, 0) is 4.74 Å². The monoisotopic (exact) mass is 380 g/mol. The average Bonchev–Trinajstić information content (AvgIpc) is 2.79. The summed E-state index contributed by atoms with van der Waals surface area (Å²) in [6, 6.07) is 25.7. The number of nitrogens with zero attached hydrogens (tertiary/aromatic N) is 2. The summed E-state index contributed by atoms with van der Waals surface area (Å²) in [5.74, 6) is -0.557. The zero-order chi connectivity index (χ0) is 20.2. The van der Waals surface area contributed by atoms with E-state index in [1.54, 1.807) is 72.8 Å². The zero-order valence-electron chi connectivity index (χ0n) is 15.4. The van der Waals surface area contributed by atoms with Gasteiger partial charge in [-0.25, -0.2) is 4.79 Å². The molecule has 3 aromatic rings. The SMILES string of the molecule is N#C[C@@H]1C=C(OC(=O)c2ccccc2)c2ccccc2N1C(=O)c1ccccc1. The van der Waals surface area contributed by atoms with E-state index in [0.29, 0.717) is 22.4 Å². The molecular formula is C24H16N2O3. The van der Waals surface area contributed by atoms with E-state index in [1.165, 1.54) is 11.0 Å². The van der Waals surface area contributed by atoms with Gasteiger partial charge in [0.2, 0.25) is 0 Å². The number of esters is 1. The molecule has 0 N–H and O–H groups in total. The molecule has 1 aliphatic rings. The molecule has 0 aromatic heterocycles. The van der Waals surface area contributed by atoms with E-state index >= 15 is 0 Å². The number of hydrogen-bond donors (Lipinski definition) is 0. The van der Waals surface area contributed by atoms with Crippen molar-refractivity contribution >= 4 is 23.3 Å². The fourth-order valence-corrected chi connectivity index (χ4v) is 3.22. The maximum absolute atomic E-state index is 13.1. The van der Waals surface area contributed by atoms with Gasteiger partial charge in [-0.1, -0.05) is 48.5 Å². The Morgan fingerprint density at radius 3 is 2.07 bits per heavy atom. The lowest BCUT2D eigenvalue weighted by atomic mass is 10.00. The number of carbonyl (C=O) groups is 2. The summed E-state index contributed by atoms with van der Waals surface area (Å²) in [4.78, 5) is 27.1. The van der Waals surface area contributed by atoms with Gasteiger partial charge in [0, 0.05) is 11.1 Å².